The van der Waals surface area contributed by atoms with Crippen LogP contribution in [0.3, 0.4) is 0 Å². The highest BCUT2D eigenvalue weighted by Gasteiger charge is 2.07. The number of halogens is 1. The Morgan fingerprint density at radius 2 is 2.23 bits per heavy atom. The molecule has 2 rings (SSSR count). The Labute approximate surface area is 89.2 Å². The van der Waals surface area contributed by atoms with Crippen molar-refractivity contribution < 1.29 is 12.5 Å². The zero-order valence-electron chi connectivity index (χ0n) is 6.91. The monoisotopic (exact) mass is 290 g/mol. The van der Waals surface area contributed by atoms with Crippen LogP contribution in [-0.2, 0) is 3.22 Å². The van der Waals surface area contributed by atoms with Gasteiger partial charge in [0, 0.05) is 5.39 Å². The smallest absolute Gasteiger partial charge is 0.209 e. The molecule has 0 amide bonds. The predicted octanol–water partition coefficient (Wildman–Crippen LogP) is 3.40. The van der Waals surface area contributed by atoms with E-state index < -0.39 is 0 Å². The highest BCUT2D eigenvalue weighted by molar-refractivity contribution is 14.1. The summed E-state index contributed by atoms with van der Waals surface area (Å²) in [4.78, 5) is 4.93. The lowest BCUT2D eigenvalue weighted by molar-refractivity contribution is -0.0463. The van der Waals surface area contributed by atoms with Gasteiger partial charge in [-0.3, -0.25) is 0 Å². The summed E-state index contributed by atoms with van der Waals surface area (Å²) in [6.07, 6.45) is 0. The van der Waals surface area contributed by atoms with Crippen molar-refractivity contribution in [1.82, 2.24) is 0 Å². The number of benzene rings is 1. The van der Waals surface area contributed by atoms with Crippen LogP contribution in [0.2, 0.25) is 0 Å². The minimum absolute atomic E-state index is 0.597. The van der Waals surface area contributed by atoms with Gasteiger partial charge in [0.2, 0.25) is 5.75 Å². The fourth-order valence-electron chi connectivity index (χ4n) is 1.26. The largest absolute Gasteiger partial charge is 0.457 e. The molecular weight excluding hydrogens is 283 g/mol. The Kier molecular flexibility index (Phi) is 2.41. The molecule has 68 valence electrons. The van der Waals surface area contributed by atoms with Gasteiger partial charge >= 0.3 is 0 Å². The van der Waals surface area contributed by atoms with E-state index in [0.717, 1.165) is 16.7 Å². The molecule has 4 heteroatoms. The molecule has 0 saturated heterocycles. The highest BCUT2D eigenvalue weighted by atomic mass is 127. The first-order chi connectivity index (χ1) is 6.31. The number of hydrogen-bond donors (Lipinski definition) is 0. The number of fused-ring (bicyclic) bond motifs is 1. The highest BCUT2D eigenvalue weighted by Crippen LogP contribution is 2.28. The van der Waals surface area contributed by atoms with Gasteiger partial charge < -0.3 is 9.30 Å². The van der Waals surface area contributed by atoms with Gasteiger partial charge in [-0.05, 0) is 19.1 Å². The Hall–Kier alpha value is -0.750. The molecule has 3 nitrogen and oxygen atoms in total. The standard InChI is InChI=1S/C9H7IO3/c1-6-5-7-3-2-4-8(12-13-10)9(7)11-6/h2-5H,1H3. The van der Waals surface area contributed by atoms with Gasteiger partial charge in [-0.25, -0.2) is 0 Å². The second-order valence-corrected chi connectivity index (χ2v) is 3.04. The van der Waals surface area contributed by atoms with Gasteiger partial charge in [0.05, 0.1) is 0 Å². The lowest BCUT2D eigenvalue weighted by Crippen LogP contribution is -1.84. The summed E-state index contributed by atoms with van der Waals surface area (Å²) in [5.41, 5.74) is 0.719. The normalized spacial score (nSPS) is 10.6. The molecular formula is C9H7IO3. The first-order valence-electron chi connectivity index (χ1n) is 3.75. The van der Waals surface area contributed by atoms with Crippen LogP contribution in [0.1, 0.15) is 5.76 Å². The molecule has 0 aliphatic carbocycles. The van der Waals surface area contributed by atoms with Crippen LogP contribution in [-0.4, -0.2) is 0 Å². The summed E-state index contributed by atoms with van der Waals surface area (Å²) in [7, 11) is 0. The molecule has 0 radical (unpaired) electrons. The molecule has 0 fully saturated rings. The van der Waals surface area contributed by atoms with Crippen molar-refractivity contribution in [3.8, 4) is 5.75 Å². The van der Waals surface area contributed by atoms with E-state index in [0.29, 0.717) is 5.75 Å². The SMILES string of the molecule is Cc1cc2cccc(OOI)c2o1. The van der Waals surface area contributed by atoms with E-state index in [1.807, 2.05) is 25.1 Å². The van der Waals surface area contributed by atoms with E-state index in [1.165, 1.54) is 0 Å². The van der Waals surface area contributed by atoms with Crippen molar-refractivity contribution >= 4 is 34.0 Å². The minimum Gasteiger partial charge on any atom is -0.457 e. The van der Waals surface area contributed by atoms with Crippen LogP contribution in [0.15, 0.2) is 28.7 Å². The summed E-state index contributed by atoms with van der Waals surface area (Å²) in [6.45, 7) is 1.90. The fraction of sp³-hybridized carbons (Fsp3) is 0.111. The van der Waals surface area contributed by atoms with Crippen LogP contribution in [0.5, 0.6) is 5.75 Å². The number of aryl methyl sites for hydroxylation is 1. The maximum absolute atomic E-state index is 5.44. The summed E-state index contributed by atoms with van der Waals surface area (Å²) in [6, 6.07) is 7.60. The van der Waals surface area contributed by atoms with Gasteiger partial charge in [0.25, 0.3) is 0 Å². The Morgan fingerprint density at radius 1 is 1.38 bits per heavy atom. The second-order valence-electron chi connectivity index (χ2n) is 2.68. The van der Waals surface area contributed by atoms with Gasteiger partial charge in [0.1, 0.15) is 5.76 Å². The summed E-state index contributed by atoms with van der Waals surface area (Å²) >= 11 is 1.67. The van der Waals surface area contributed by atoms with Crippen LogP contribution in [0.4, 0.5) is 0 Å². The topological polar surface area (TPSA) is 31.6 Å². The summed E-state index contributed by atoms with van der Waals surface area (Å²) in [5.74, 6) is 1.46. The van der Waals surface area contributed by atoms with Crippen LogP contribution < -0.4 is 4.89 Å². The van der Waals surface area contributed by atoms with Gasteiger partial charge in [0.15, 0.2) is 28.6 Å². The molecule has 0 atom stereocenters. The maximum atomic E-state index is 5.44. The maximum Gasteiger partial charge on any atom is 0.209 e. The van der Waals surface area contributed by atoms with Crippen molar-refractivity contribution in [2.24, 2.45) is 0 Å². The van der Waals surface area contributed by atoms with Crippen molar-refractivity contribution in [1.29, 1.82) is 0 Å². The molecule has 0 saturated carbocycles. The third kappa shape index (κ3) is 1.64. The third-order valence-corrected chi connectivity index (χ3v) is 1.93. The Morgan fingerprint density at radius 3 is 3.00 bits per heavy atom. The number of hydrogen-bond acceptors (Lipinski definition) is 3. The van der Waals surface area contributed by atoms with Crippen molar-refractivity contribution in [3.63, 3.8) is 0 Å². The molecule has 0 spiro atoms. The average Bonchev–Trinajstić information content (AvgIpc) is 2.47. The van der Waals surface area contributed by atoms with E-state index in [9.17, 15) is 0 Å². The minimum atomic E-state index is 0.597. The molecule has 0 aliphatic rings. The first kappa shape index (κ1) is 8.83. The first-order valence-corrected chi connectivity index (χ1v) is 4.64. The van der Waals surface area contributed by atoms with Gasteiger partial charge in [-0.2, -0.15) is 0 Å². The third-order valence-electron chi connectivity index (χ3n) is 1.75. The van der Waals surface area contributed by atoms with Crippen molar-refractivity contribution in [3.05, 3.63) is 30.0 Å². The molecule has 0 N–H and O–H groups in total. The van der Waals surface area contributed by atoms with E-state index in [2.05, 4.69) is 3.22 Å². The van der Waals surface area contributed by atoms with Crippen molar-refractivity contribution in [2.45, 2.75) is 6.92 Å². The lowest BCUT2D eigenvalue weighted by Gasteiger charge is -1.98. The van der Waals surface area contributed by atoms with Crippen LogP contribution in [0, 0.1) is 6.92 Å². The zero-order valence-corrected chi connectivity index (χ0v) is 9.07. The quantitative estimate of drug-likeness (QED) is 0.482. The average molecular weight is 290 g/mol. The van der Waals surface area contributed by atoms with Crippen LogP contribution in [0.25, 0.3) is 11.0 Å². The number of furan rings is 1. The number of para-hydroxylation sites is 1. The number of rotatable bonds is 2. The van der Waals surface area contributed by atoms with Gasteiger partial charge in [-0.1, -0.05) is 12.1 Å². The van der Waals surface area contributed by atoms with E-state index in [4.69, 9.17) is 9.30 Å². The molecule has 0 unspecified atom stereocenters. The predicted molar refractivity (Wildman–Crippen MR) is 56.7 cm³/mol. The molecule has 0 aliphatic heterocycles. The van der Waals surface area contributed by atoms with Crippen LogP contribution >= 0.6 is 23.0 Å². The molecule has 0 bridgehead atoms. The van der Waals surface area contributed by atoms with E-state index >= 15 is 0 Å². The Bertz CT molecular complexity index is 422. The van der Waals surface area contributed by atoms with Gasteiger partial charge in [-0.15, -0.1) is 3.22 Å². The van der Waals surface area contributed by atoms with E-state index in [-0.39, 0.29) is 0 Å². The lowest BCUT2D eigenvalue weighted by atomic mass is 10.2. The summed E-state index contributed by atoms with van der Waals surface area (Å²) < 4.78 is 10.00. The molecule has 2 aromatic rings. The van der Waals surface area contributed by atoms with Crippen molar-refractivity contribution in [2.75, 3.05) is 0 Å². The second kappa shape index (κ2) is 3.55. The fourth-order valence-corrected chi connectivity index (χ4v) is 1.46. The summed E-state index contributed by atoms with van der Waals surface area (Å²) in [5, 5.41) is 1.02. The molecule has 1 aromatic carbocycles. The van der Waals surface area contributed by atoms with E-state index in [1.54, 1.807) is 29.1 Å². The molecule has 1 heterocycles. The molecule has 1 aromatic heterocycles. The molecule has 13 heavy (non-hydrogen) atoms. The zero-order chi connectivity index (χ0) is 9.26. The Balaban J connectivity index is 2.60.